The second kappa shape index (κ2) is 11.2. The number of carbonyl (C=O) groups is 2. The van der Waals surface area contributed by atoms with Crippen molar-refractivity contribution in [3.63, 3.8) is 0 Å². The topological polar surface area (TPSA) is 84.1 Å². The van der Waals surface area contributed by atoms with E-state index >= 15 is 0 Å². The first-order valence-corrected chi connectivity index (χ1v) is 10.7. The molecule has 0 bridgehead atoms. The maximum Gasteiger partial charge on any atom is 0.255 e. The highest BCUT2D eigenvalue weighted by Crippen LogP contribution is 2.30. The molecule has 0 saturated carbocycles. The van der Waals surface area contributed by atoms with Crippen molar-refractivity contribution in [2.75, 3.05) is 13.7 Å². The Balaban J connectivity index is 1.89. The van der Waals surface area contributed by atoms with Crippen LogP contribution in [0, 0.1) is 18.6 Å². The standard InChI is InChI=1S/C24H24ClF2N3O3/c1-14-19(26)8-9-20(27)22(14)23-18(13-28-30-23)24(32)29-21(12-17(31)7-4-10-33-2)15-5-3-6-16(25)11-15/h3,5-6,8-9,11,13,21H,4,7,10,12H2,1-2H3,(H,28,30)(H,29,32)/t21-/m0/s1. The monoisotopic (exact) mass is 475 g/mol. The fraction of sp³-hybridized carbons (Fsp3) is 0.292. The number of Topliss-reactive ketones (excluding diaryl/α,β-unsaturated/α-hetero) is 1. The zero-order chi connectivity index (χ0) is 24.0. The van der Waals surface area contributed by atoms with Crippen molar-refractivity contribution in [1.29, 1.82) is 0 Å². The Morgan fingerprint density at radius 2 is 1.97 bits per heavy atom. The van der Waals surface area contributed by atoms with E-state index in [1.807, 2.05) is 0 Å². The zero-order valence-corrected chi connectivity index (χ0v) is 19.0. The number of ketones is 1. The first-order chi connectivity index (χ1) is 15.8. The van der Waals surface area contributed by atoms with E-state index < -0.39 is 23.6 Å². The summed E-state index contributed by atoms with van der Waals surface area (Å²) in [6, 6.07) is 8.18. The highest BCUT2D eigenvalue weighted by Gasteiger charge is 2.25. The van der Waals surface area contributed by atoms with E-state index in [-0.39, 0.29) is 34.6 Å². The van der Waals surface area contributed by atoms with Crippen LogP contribution in [-0.2, 0) is 9.53 Å². The Kier molecular flexibility index (Phi) is 8.30. The average molecular weight is 476 g/mol. The summed E-state index contributed by atoms with van der Waals surface area (Å²) in [5, 5.41) is 9.73. The van der Waals surface area contributed by atoms with Gasteiger partial charge < -0.3 is 10.1 Å². The summed E-state index contributed by atoms with van der Waals surface area (Å²) in [4.78, 5) is 25.7. The maximum absolute atomic E-state index is 14.5. The smallest absolute Gasteiger partial charge is 0.255 e. The Bertz CT molecular complexity index is 1150. The molecule has 1 aromatic heterocycles. The van der Waals surface area contributed by atoms with E-state index in [2.05, 4.69) is 15.5 Å². The van der Waals surface area contributed by atoms with Gasteiger partial charge in [0.15, 0.2) is 0 Å². The number of hydrogen-bond donors (Lipinski definition) is 2. The van der Waals surface area contributed by atoms with E-state index in [1.165, 1.54) is 13.1 Å². The lowest BCUT2D eigenvalue weighted by molar-refractivity contribution is -0.119. The first kappa shape index (κ1) is 24.5. The third-order valence-corrected chi connectivity index (χ3v) is 5.51. The molecule has 0 fully saturated rings. The highest BCUT2D eigenvalue weighted by atomic mass is 35.5. The van der Waals surface area contributed by atoms with E-state index in [0.717, 1.165) is 12.1 Å². The van der Waals surface area contributed by atoms with Crippen molar-refractivity contribution in [2.24, 2.45) is 0 Å². The molecule has 2 N–H and O–H groups in total. The van der Waals surface area contributed by atoms with Gasteiger partial charge in [0.25, 0.3) is 5.91 Å². The molecule has 9 heteroatoms. The van der Waals surface area contributed by atoms with Gasteiger partial charge in [0.2, 0.25) is 0 Å². The Morgan fingerprint density at radius 3 is 2.70 bits per heavy atom. The molecule has 0 unspecified atom stereocenters. The first-order valence-electron chi connectivity index (χ1n) is 10.4. The lowest BCUT2D eigenvalue weighted by Gasteiger charge is -2.19. The van der Waals surface area contributed by atoms with Crippen molar-refractivity contribution in [3.05, 3.63) is 75.9 Å². The number of H-pyrrole nitrogens is 1. The third-order valence-electron chi connectivity index (χ3n) is 5.27. The molecule has 2 aromatic carbocycles. The summed E-state index contributed by atoms with van der Waals surface area (Å²) < 4.78 is 33.6. The highest BCUT2D eigenvalue weighted by molar-refractivity contribution is 6.30. The van der Waals surface area contributed by atoms with Crippen LogP contribution < -0.4 is 5.32 Å². The summed E-state index contributed by atoms with van der Waals surface area (Å²) in [5.74, 6) is -1.94. The van der Waals surface area contributed by atoms with Gasteiger partial charge >= 0.3 is 0 Å². The van der Waals surface area contributed by atoms with Gasteiger partial charge in [-0.3, -0.25) is 14.7 Å². The van der Waals surface area contributed by atoms with Crippen molar-refractivity contribution >= 4 is 23.3 Å². The van der Waals surface area contributed by atoms with Crippen molar-refractivity contribution in [2.45, 2.75) is 32.2 Å². The van der Waals surface area contributed by atoms with Crippen LogP contribution in [0.4, 0.5) is 8.78 Å². The molecular weight excluding hydrogens is 452 g/mol. The zero-order valence-electron chi connectivity index (χ0n) is 18.3. The molecule has 0 saturated heterocycles. The van der Waals surface area contributed by atoms with Crippen LogP contribution in [0.15, 0.2) is 42.6 Å². The minimum absolute atomic E-state index is 0.0291. The molecular formula is C24H24ClF2N3O3. The number of hydrogen-bond acceptors (Lipinski definition) is 4. The fourth-order valence-electron chi connectivity index (χ4n) is 3.56. The number of benzene rings is 2. The summed E-state index contributed by atoms with van der Waals surface area (Å²) in [5.41, 5.74) is 0.703. The summed E-state index contributed by atoms with van der Waals surface area (Å²) >= 11 is 6.11. The van der Waals surface area contributed by atoms with E-state index in [1.54, 1.807) is 31.4 Å². The molecule has 0 radical (unpaired) electrons. The van der Waals surface area contributed by atoms with Crippen LogP contribution in [0.2, 0.25) is 5.02 Å². The van der Waals surface area contributed by atoms with Gasteiger partial charge in [-0.15, -0.1) is 0 Å². The van der Waals surface area contributed by atoms with Crippen molar-refractivity contribution < 1.29 is 23.1 Å². The van der Waals surface area contributed by atoms with Crippen LogP contribution in [0.5, 0.6) is 0 Å². The summed E-state index contributed by atoms with van der Waals surface area (Å²) in [6.07, 6.45) is 2.14. The Hall–Kier alpha value is -3.10. The molecule has 174 valence electrons. The van der Waals surface area contributed by atoms with Crippen LogP contribution in [0.3, 0.4) is 0 Å². The van der Waals surface area contributed by atoms with Crippen LogP contribution in [-0.4, -0.2) is 35.6 Å². The van der Waals surface area contributed by atoms with Gasteiger partial charge in [-0.2, -0.15) is 5.10 Å². The molecule has 3 aromatic rings. The minimum atomic E-state index is -0.688. The predicted octanol–water partition coefficient (Wildman–Crippen LogP) is 5.17. The van der Waals surface area contributed by atoms with Gasteiger partial charge in [-0.05, 0) is 48.7 Å². The molecule has 0 aliphatic carbocycles. The minimum Gasteiger partial charge on any atom is -0.385 e. The number of nitrogens with one attached hydrogen (secondary N) is 2. The fourth-order valence-corrected chi connectivity index (χ4v) is 3.76. The quantitative estimate of drug-likeness (QED) is 0.396. The Morgan fingerprint density at radius 1 is 1.21 bits per heavy atom. The van der Waals surface area contributed by atoms with Crippen molar-refractivity contribution in [1.82, 2.24) is 15.5 Å². The Labute approximate surface area is 195 Å². The van der Waals surface area contributed by atoms with Gasteiger partial charge in [0, 0.05) is 37.1 Å². The number of amides is 1. The van der Waals surface area contributed by atoms with Gasteiger partial charge in [-0.1, -0.05) is 23.7 Å². The number of aromatic nitrogens is 2. The van der Waals surface area contributed by atoms with Crippen molar-refractivity contribution in [3.8, 4) is 11.3 Å². The lowest BCUT2D eigenvalue weighted by Crippen LogP contribution is -2.30. The van der Waals surface area contributed by atoms with E-state index in [9.17, 15) is 18.4 Å². The molecule has 6 nitrogen and oxygen atoms in total. The number of ether oxygens (including phenoxy) is 1. The maximum atomic E-state index is 14.5. The SMILES string of the molecule is COCCCC(=O)C[C@H](NC(=O)c1cn[nH]c1-c1c(F)ccc(F)c1C)c1cccc(Cl)c1. The molecule has 1 amide bonds. The molecule has 3 rings (SSSR count). The van der Waals surface area contributed by atoms with Gasteiger partial charge in [0.05, 0.1) is 23.5 Å². The molecule has 0 aliphatic heterocycles. The molecule has 1 heterocycles. The number of halogens is 3. The number of rotatable bonds is 10. The average Bonchev–Trinajstić information content (AvgIpc) is 3.26. The number of carbonyl (C=O) groups excluding carboxylic acids is 2. The van der Waals surface area contributed by atoms with Crippen LogP contribution >= 0.6 is 11.6 Å². The largest absolute Gasteiger partial charge is 0.385 e. The van der Waals surface area contributed by atoms with Gasteiger partial charge in [0.1, 0.15) is 17.4 Å². The van der Waals surface area contributed by atoms with Crippen LogP contribution in [0.25, 0.3) is 11.3 Å². The normalized spacial score (nSPS) is 11.9. The second-order valence-corrected chi connectivity index (χ2v) is 8.04. The number of methoxy groups -OCH3 is 1. The third kappa shape index (κ3) is 6.03. The number of aromatic amines is 1. The predicted molar refractivity (Wildman–Crippen MR) is 121 cm³/mol. The summed E-state index contributed by atoms with van der Waals surface area (Å²) in [7, 11) is 1.56. The lowest BCUT2D eigenvalue weighted by atomic mass is 9.98. The molecule has 0 spiro atoms. The van der Waals surface area contributed by atoms with E-state index in [0.29, 0.717) is 30.0 Å². The van der Waals surface area contributed by atoms with Crippen LogP contribution in [0.1, 0.15) is 46.8 Å². The number of nitrogens with zero attached hydrogens (tertiary/aromatic N) is 1. The van der Waals surface area contributed by atoms with E-state index in [4.69, 9.17) is 16.3 Å². The second-order valence-electron chi connectivity index (χ2n) is 7.61. The summed E-state index contributed by atoms with van der Waals surface area (Å²) in [6.45, 7) is 1.88. The molecule has 33 heavy (non-hydrogen) atoms. The molecule has 0 aliphatic rings. The van der Waals surface area contributed by atoms with Gasteiger partial charge in [-0.25, -0.2) is 8.78 Å². The molecule has 1 atom stereocenters.